The first kappa shape index (κ1) is 26.1. The minimum absolute atomic E-state index is 0.0256. The van der Waals surface area contributed by atoms with Crippen LogP contribution in [0.2, 0.25) is 0 Å². The van der Waals surface area contributed by atoms with E-state index in [1.807, 2.05) is 14.0 Å². The van der Waals surface area contributed by atoms with Crippen molar-refractivity contribution in [1.29, 1.82) is 0 Å². The number of piperazine rings is 1. The molecule has 0 aliphatic carbocycles. The average molecular weight is 520 g/mol. The Kier molecular flexibility index (Phi) is 7.43. The van der Waals surface area contributed by atoms with Crippen LogP contribution in [-0.4, -0.2) is 65.6 Å². The Morgan fingerprint density at radius 3 is 2.54 bits per heavy atom. The van der Waals surface area contributed by atoms with Crippen molar-refractivity contribution in [1.82, 2.24) is 19.9 Å². The van der Waals surface area contributed by atoms with Gasteiger partial charge in [-0.15, -0.1) is 0 Å². The van der Waals surface area contributed by atoms with Crippen LogP contribution in [0.3, 0.4) is 0 Å². The van der Waals surface area contributed by atoms with Gasteiger partial charge in [-0.2, -0.15) is 0 Å². The highest BCUT2D eigenvalue weighted by Crippen LogP contribution is 2.38. The third kappa shape index (κ3) is 5.26. The molecule has 2 aromatic heterocycles. The lowest BCUT2D eigenvalue weighted by molar-refractivity contribution is 0.101. The number of H-pyrrole nitrogens is 1. The molecule has 1 fully saturated rings. The number of alkyl halides is 2. The predicted octanol–water partition coefficient (Wildman–Crippen LogP) is 3.45. The molecular formula is C24H24F4N6O3. The Morgan fingerprint density at radius 1 is 1.22 bits per heavy atom. The maximum absolute atomic E-state index is 16.0. The number of methoxy groups -OCH3 is 1. The zero-order valence-corrected chi connectivity index (χ0v) is 20.2. The first-order chi connectivity index (χ1) is 17.6. The molecule has 3 aromatic rings. The maximum Gasteiger partial charge on any atom is 0.264 e. The van der Waals surface area contributed by atoms with Gasteiger partial charge in [0.25, 0.3) is 12.3 Å². The summed E-state index contributed by atoms with van der Waals surface area (Å²) in [5, 5.41) is 2.32. The maximum atomic E-state index is 16.0. The van der Waals surface area contributed by atoms with Gasteiger partial charge in [0.15, 0.2) is 17.4 Å². The second-order valence-corrected chi connectivity index (χ2v) is 8.58. The van der Waals surface area contributed by atoms with Crippen molar-refractivity contribution in [3.05, 3.63) is 63.8 Å². The molecule has 0 saturated carbocycles. The number of likely N-dealkylation sites (N-methyl/N-ethyl adjacent to an activating group) is 1. The summed E-state index contributed by atoms with van der Waals surface area (Å²) in [6.07, 6.45) is 0.142. The normalized spacial score (nSPS) is 16.2. The van der Waals surface area contributed by atoms with E-state index in [-0.39, 0.29) is 23.3 Å². The number of nitrogens with zero attached hydrogens (tertiary/aromatic N) is 4. The Morgan fingerprint density at radius 2 is 1.92 bits per heavy atom. The zero-order chi connectivity index (χ0) is 26.9. The summed E-state index contributed by atoms with van der Waals surface area (Å²) in [5.41, 5.74) is -3.21. The molecule has 1 aliphatic heterocycles. The molecule has 1 aromatic carbocycles. The van der Waals surface area contributed by atoms with E-state index in [1.54, 1.807) is 4.90 Å². The number of halogens is 4. The van der Waals surface area contributed by atoms with E-state index in [2.05, 4.69) is 25.2 Å². The van der Waals surface area contributed by atoms with Crippen LogP contribution in [0.5, 0.6) is 5.75 Å². The molecule has 0 unspecified atom stereocenters. The van der Waals surface area contributed by atoms with Crippen LogP contribution >= 0.6 is 0 Å². The smallest absolute Gasteiger partial charge is 0.264 e. The van der Waals surface area contributed by atoms with Gasteiger partial charge < -0.3 is 24.8 Å². The summed E-state index contributed by atoms with van der Waals surface area (Å²) < 4.78 is 63.4. The highest BCUT2D eigenvalue weighted by molar-refractivity contribution is 6.07. The Labute approximate surface area is 209 Å². The quantitative estimate of drug-likeness (QED) is 0.480. The number of carbonyl (C=O) groups is 1. The van der Waals surface area contributed by atoms with Crippen molar-refractivity contribution >= 4 is 17.3 Å². The third-order valence-electron chi connectivity index (χ3n) is 6.26. The lowest BCUT2D eigenvalue weighted by Gasteiger charge is -2.39. The van der Waals surface area contributed by atoms with Crippen LogP contribution in [-0.2, 0) is 0 Å². The number of aromatic amines is 1. The van der Waals surface area contributed by atoms with Gasteiger partial charge in [-0.3, -0.25) is 9.59 Å². The fourth-order valence-electron chi connectivity index (χ4n) is 4.04. The second kappa shape index (κ2) is 10.5. The summed E-state index contributed by atoms with van der Waals surface area (Å²) in [6.45, 7) is 3.29. The molecule has 1 amide bonds. The van der Waals surface area contributed by atoms with Gasteiger partial charge in [0.05, 0.1) is 36.3 Å². The van der Waals surface area contributed by atoms with E-state index >= 15 is 8.78 Å². The van der Waals surface area contributed by atoms with Crippen molar-refractivity contribution in [3.63, 3.8) is 0 Å². The lowest BCUT2D eigenvalue weighted by atomic mass is 10.1. The van der Waals surface area contributed by atoms with E-state index in [4.69, 9.17) is 4.74 Å². The van der Waals surface area contributed by atoms with Gasteiger partial charge in [0, 0.05) is 49.6 Å². The molecular weight excluding hydrogens is 496 g/mol. The molecule has 3 heterocycles. The molecule has 13 heteroatoms. The van der Waals surface area contributed by atoms with Gasteiger partial charge in [-0.25, -0.2) is 27.5 Å². The molecule has 2 N–H and O–H groups in total. The van der Waals surface area contributed by atoms with Crippen molar-refractivity contribution in [3.8, 4) is 17.1 Å². The molecule has 1 atom stereocenters. The van der Waals surface area contributed by atoms with Gasteiger partial charge in [0.1, 0.15) is 11.5 Å². The number of carbonyl (C=O) groups excluding carboxylic acids is 1. The number of anilines is 2. The van der Waals surface area contributed by atoms with Crippen LogP contribution in [0.25, 0.3) is 11.4 Å². The number of nitrogens with one attached hydrogen (secondary N) is 2. The number of ether oxygens (including phenoxy) is 1. The minimum Gasteiger partial charge on any atom is -0.494 e. The van der Waals surface area contributed by atoms with Crippen molar-refractivity contribution in [2.75, 3.05) is 44.0 Å². The van der Waals surface area contributed by atoms with Gasteiger partial charge in [0.2, 0.25) is 5.56 Å². The van der Waals surface area contributed by atoms with Crippen LogP contribution in [0.15, 0.2) is 35.5 Å². The number of hydrogen-bond acceptors (Lipinski definition) is 7. The number of benzene rings is 1. The van der Waals surface area contributed by atoms with Crippen molar-refractivity contribution in [2.24, 2.45) is 0 Å². The minimum atomic E-state index is -3.14. The molecule has 37 heavy (non-hydrogen) atoms. The third-order valence-corrected chi connectivity index (χ3v) is 6.26. The van der Waals surface area contributed by atoms with Crippen LogP contribution in [0, 0.1) is 11.6 Å². The van der Waals surface area contributed by atoms with Gasteiger partial charge >= 0.3 is 0 Å². The summed E-state index contributed by atoms with van der Waals surface area (Å²) in [7, 11) is 3.29. The summed E-state index contributed by atoms with van der Waals surface area (Å²) >= 11 is 0. The van der Waals surface area contributed by atoms with Gasteiger partial charge in [-0.1, -0.05) is 0 Å². The first-order valence-electron chi connectivity index (χ1n) is 11.3. The summed E-state index contributed by atoms with van der Waals surface area (Å²) in [6, 6.07) is 1.68. The Bertz CT molecular complexity index is 1370. The van der Waals surface area contributed by atoms with Gasteiger partial charge in [-0.05, 0) is 14.0 Å². The zero-order valence-electron chi connectivity index (χ0n) is 20.2. The number of aromatic nitrogens is 3. The number of amides is 1. The van der Waals surface area contributed by atoms with Crippen LogP contribution in [0.1, 0.15) is 29.3 Å². The number of rotatable bonds is 6. The van der Waals surface area contributed by atoms with E-state index < -0.39 is 51.9 Å². The molecule has 0 bridgehead atoms. The molecule has 9 nitrogen and oxygen atoms in total. The van der Waals surface area contributed by atoms with E-state index in [1.165, 1.54) is 19.5 Å². The first-order valence-corrected chi connectivity index (χ1v) is 11.3. The predicted molar refractivity (Wildman–Crippen MR) is 128 cm³/mol. The monoisotopic (exact) mass is 520 g/mol. The van der Waals surface area contributed by atoms with E-state index in [0.717, 1.165) is 12.3 Å². The Hall–Kier alpha value is -4.00. The topological polar surface area (TPSA) is 103 Å². The summed E-state index contributed by atoms with van der Waals surface area (Å²) in [5.74, 6) is -3.30. The largest absolute Gasteiger partial charge is 0.494 e. The summed E-state index contributed by atoms with van der Waals surface area (Å²) in [4.78, 5) is 38.4. The lowest BCUT2D eigenvalue weighted by Crippen LogP contribution is -2.50. The SMILES string of the molecule is COc1cnc(-c2c(F)cc(N3CCN(C)[C@@H](C)C3)c(NC(=O)c3c[nH]c(=O)cc3C(F)F)c2F)nc1. The fraction of sp³-hybridized carbons (Fsp3) is 0.333. The van der Waals surface area contributed by atoms with Crippen LogP contribution in [0.4, 0.5) is 28.9 Å². The molecule has 196 valence electrons. The Balaban J connectivity index is 1.84. The fourth-order valence-corrected chi connectivity index (χ4v) is 4.04. The highest BCUT2D eigenvalue weighted by atomic mass is 19.3. The molecule has 0 spiro atoms. The second-order valence-electron chi connectivity index (χ2n) is 8.58. The average Bonchev–Trinajstić information content (AvgIpc) is 2.87. The number of pyridine rings is 1. The number of hydrogen-bond donors (Lipinski definition) is 2. The van der Waals surface area contributed by atoms with E-state index in [0.29, 0.717) is 25.7 Å². The van der Waals surface area contributed by atoms with E-state index in [9.17, 15) is 18.4 Å². The van der Waals surface area contributed by atoms with Crippen LogP contribution < -0.4 is 20.5 Å². The van der Waals surface area contributed by atoms with Crippen molar-refractivity contribution in [2.45, 2.75) is 19.4 Å². The van der Waals surface area contributed by atoms with Crippen molar-refractivity contribution < 1.29 is 27.1 Å². The highest BCUT2D eigenvalue weighted by Gasteiger charge is 2.30. The molecule has 0 radical (unpaired) electrons. The molecule has 4 rings (SSSR count). The molecule has 1 aliphatic rings. The molecule has 1 saturated heterocycles. The standard InChI is InChI=1S/C24H24F4N6O3/c1-12-11-34(5-4-33(12)2)17-7-16(25)19(23-30-8-13(37-3)9-31-23)20(26)21(17)32-24(36)15-10-29-18(35)6-14(15)22(27)28/h6-10,12,22H,4-5,11H2,1-3H3,(H,29,35)(H,32,36)/t12-/m0/s1.